The summed E-state index contributed by atoms with van der Waals surface area (Å²) in [6.07, 6.45) is 9.17. The largest absolute Gasteiger partial charge is 0.464 e. The Morgan fingerprint density at radius 1 is 0.675 bits per heavy atom. The molecule has 222 valence electrons. The molecule has 0 spiro atoms. The third kappa shape index (κ3) is 11.5. The normalized spacial score (nSPS) is 12.2. The van der Waals surface area contributed by atoms with E-state index in [0.29, 0.717) is 35.5 Å². The molecule has 10 nitrogen and oxygen atoms in total. The molecule has 0 aromatic heterocycles. The van der Waals surface area contributed by atoms with Crippen LogP contribution < -0.4 is 0 Å². The first-order valence-corrected chi connectivity index (χ1v) is 14.1. The molecule has 0 fully saturated rings. The second kappa shape index (κ2) is 19.8. The fourth-order valence-corrected chi connectivity index (χ4v) is 4.04. The van der Waals surface area contributed by atoms with Crippen LogP contribution in [0.1, 0.15) is 101 Å². The van der Waals surface area contributed by atoms with Crippen LogP contribution in [-0.2, 0) is 51.3 Å². The summed E-state index contributed by atoms with van der Waals surface area (Å²) in [5.74, 6) is -0.959. The quantitative estimate of drug-likeness (QED) is 0.0786. The van der Waals surface area contributed by atoms with Crippen LogP contribution in [-0.4, -0.2) is 49.5 Å². The third-order valence-electron chi connectivity index (χ3n) is 6.62. The van der Waals surface area contributed by atoms with Gasteiger partial charge in [0.1, 0.15) is 11.4 Å². The Balaban J connectivity index is 3.11. The van der Waals surface area contributed by atoms with E-state index >= 15 is 0 Å². The fraction of sp³-hybridized carbons (Fsp3) is 0.667. The van der Waals surface area contributed by atoms with Crippen LogP contribution in [0.4, 0.5) is 11.4 Å². The molecule has 2 atom stereocenters. The molecule has 0 aliphatic heterocycles. The Labute approximate surface area is 237 Å². The lowest BCUT2D eigenvalue weighted by Crippen LogP contribution is -2.25. The van der Waals surface area contributed by atoms with Crippen molar-refractivity contribution in [3.8, 4) is 0 Å². The maximum Gasteiger partial charge on any atom is 0.334 e. The van der Waals surface area contributed by atoms with Gasteiger partial charge in [0.2, 0.25) is 12.2 Å². The zero-order chi connectivity index (χ0) is 29.9. The van der Waals surface area contributed by atoms with Gasteiger partial charge in [0.15, 0.2) is 12.2 Å². The van der Waals surface area contributed by atoms with Crippen molar-refractivity contribution in [2.75, 3.05) is 13.2 Å². The molecule has 0 radical (unpaired) electrons. The molecule has 1 rings (SSSR count). The first kappa shape index (κ1) is 34.9. The van der Waals surface area contributed by atoms with Crippen molar-refractivity contribution in [3.05, 3.63) is 22.3 Å². The van der Waals surface area contributed by atoms with Crippen molar-refractivity contribution in [1.29, 1.82) is 0 Å². The van der Waals surface area contributed by atoms with E-state index in [-0.39, 0.29) is 24.6 Å². The molecule has 0 unspecified atom stereocenters. The Morgan fingerprint density at radius 2 is 1.05 bits per heavy atom. The van der Waals surface area contributed by atoms with E-state index in [1.807, 2.05) is 0 Å². The molecule has 1 aromatic rings. The predicted octanol–water partition coefficient (Wildman–Crippen LogP) is 6.30. The van der Waals surface area contributed by atoms with E-state index in [0.717, 1.165) is 51.4 Å². The van der Waals surface area contributed by atoms with Crippen LogP contribution in [0.25, 0.3) is 0 Å². The molecular weight excluding hydrogens is 516 g/mol. The van der Waals surface area contributed by atoms with Crippen molar-refractivity contribution >= 4 is 35.5 Å². The molecule has 0 saturated carbocycles. The number of benzene rings is 1. The Morgan fingerprint density at radius 3 is 1.38 bits per heavy atom. The molecule has 0 amide bonds. The van der Waals surface area contributed by atoms with E-state index in [1.165, 1.54) is 12.2 Å². The second-order valence-corrected chi connectivity index (χ2v) is 9.67. The first-order chi connectivity index (χ1) is 19.2. The molecule has 1 aromatic carbocycles. The number of carbonyl (C=O) groups is 2. The van der Waals surface area contributed by atoms with Gasteiger partial charge < -0.3 is 18.9 Å². The van der Waals surface area contributed by atoms with Crippen LogP contribution >= 0.6 is 0 Å². The summed E-state index contributed by atoms with van der Waals surface area (Å²) < 4.78 is 22.3. The van der Waals surface area contributed by atoms with E-state index in [1.54, 1.807) is 27.7 Å². The Kier molecular flexibility index (Phi) is 17.3. The van der Waals surface area contributed by atoms with Crippen molar-refractivity contribution < 1.29 is 38.1 Å². The Hall–Kier alpha value is -3.16. The van der Waals surface area contributed by atoms with Gasteiger partial charge in [0.25, 0.3) is 0 Å². The minimum atomic E-state index is -0.855. The van der Waals surface area contributed by atoms with Crippen molar-refractivity contribution in [2.24, 2.45) is 9.98 Å². The number of nitrogens with zero attached hydrogens (tertiary/aromatic N) is 2. The number of ether oxygens (including phenoxy) is 4. The molecule has 40 heavy (non-hydrogen) atoms. The maximum atomic E-state index is 12.4. The molecule has 0 heterocycles. The summed E-state index contributed by atoms with van der Waals surface area (Å²) in [6.45, 7) is 11.4. The highest BCUT2D eigenvalue weighted by atomic mass is 16.6. The maximum absolute atomic E-state index is 12.4. The van der Waals surface area contributed by atoms with E-state index in [4.69, 9.17) is 18.9 Å². The molecular formula is C30H44N2O8. The zero-order valence-electron chi connectivity index (χ0n) is 24.8. The van der Waals surface area contributed by atoms with E-state index in [2.05, 4.69) is 23.8 Å². The molecule has 0 saturated heterocycles. The van der Waals surface area contributed by atoms with Gasteiger partial charge in [-0.15, -0.1) is 0 Å². The van der Waals surface area contributed by atoms with Crippen molar-refractivity contribution in [1.82, 2.24) is 0 Å². The monoisotopic (exact) mass is 560 g/mol. The molecule has 0 N–H and O–H groups in total. The van der Waals surface area contributed by atoms with Gasteiger partial charge in [-0.3, -0.25) is 0 Å². The fourth-order valence-electron chi connectivity index (χ4n) is 4.04. The minimum absolute atomic E-state index is 0.0415. The summed E-state index contributed by atoms with van der Waals surface area (Å²) in [5.41, 5.74) is 2.44. The minimum Gasteiger partial charge on any atom is -0.464 e. The van der Waals surface area contributed by atoms with Gasteiger partial charge in [-0.25, -0.2) is 19.2 Å². The number of hydrogen-bond donors (Lipinski definition) is 0. The number of unbranched alkanes of at least 4 members (excludes halogenated alkanes) is 6. The van der Waals surface area contributed by atoms with Gasteiger partial charge >= 0.3 is 11.9 Å². The van der Waals surface area contributed by atoms with Gasteiger partial charge in [-0.2, -0.15) is 9.98 Å². The van der Waals surface area contributed by atoms with Crippen LogP contribution in [0.5, 0.6) is 0 Å². The summed E-state index contributed by atoms with van der Waals surface area (Å²) in [6, 6.07) is 0. The standard InChI is InChI=1S/C30H44N2O8/c1-7-9-11-13-15-37-29(35)23(5)39-17-25-21(3)27(31-19-33)28(32-20-34)22(4)26(25)18-40-24(6)30(36)38-16-14-12-10-8-2/h23-24H,7-18H2,1-6H3/t23-,24-/m0/s1. The number of carbonyl (C=O) groups excluding carboxylic acids is 4. The Bertz CT molecular complexity index is 976. The summed E-state index contributed by atoms with van der Waals surface area (Å²) in [7, 11) is 0. The van der Waals surface area contributed by atoms with E-state index < -0.39 is 24.1 Å². The summed E-state index contributed by atoms with van der Waals surface area (Å²) in [5, 5.41) is 0. The zero-order valence-corrected chi connectivity index (χ0v) is 24.8. The van der Waals surface area contributed by atoms with Crippen LogP contribution in [0.3, 0.4) is 0 Å². The number of rotatable bonds is 20. The van der Waals surface area contributed by atoms with Gasteiger partial charge in [0, 0.05) is 0 Å². The highest BCUT2D eigenvalue weighted by molar-refractivity contribution is 5.78. The smallest absolute Gasteiger partial charge is 0.334 e. The number of esters is 2. The number of hydrogen-bond acceptors (Lipinski definition) is 10. The highest BCUT2D eigenvalue weighted by Crippen LogP contribution is 2.40. The lowest BCUT2D eigenvalue weighted by molar-refractivity contribution is -0.158. The second-order valence-electron chi connectivity index (χ2n) is 9.67. The lowest BCUT2D eigenvalue weighted by Gasteiger charge is -2.22. The van der Waals surface area contributed by atoms with Crippen LogP contribution in [0, 0.1) is 13.8 Å². The van der Waals surface area contributed by atoms with Crippen LogP contribution in [0.2, 0.25) is 0 Å². The van der Waals surface area contributed by atoms with Crippen LogP contribution in [0.15, 0.2) is 9.98 Å². The topological polar surface area (TPSA) is 130 Å². The average Bonchev–Trinajstić information content (AvgIpc) is 2.94. The summed E-state index contributed by atoms with van der Waals surface area (Å²) in [4.78, 5) is 54.6. The third-order valence-corrected chi connectivity index (χ3v) is 6.62. The molecule has 0 aliphatic carbocycles. The first-order valence-electron chi connectivity index (χ1n) is 14.1. The highest BCUT2D eigenvalue weighted by Gasteiger charge is 2.24. The predicted molar refractivity (Wildman–Crippen MR) is 150 cm³/mol. The van der Waals surface area contributed by atoms with Gasteiger partial charge in [0.05, 0.1) is 26.4 Å². The number of isocyanates is 2. The summed E-state index contributed by atoms with van der Waals surface area (Å²) >= 11 is 0. The number of aliphatic imine (C=N–C) groups is 2. The molecule has 0 bridgehead atoms. The lowest BCUT2D eigenvalue weighted by atomic mass is 9.94. The average molecular weight is 561 g/mol. The van der Waals surface area contributed by atoms with Gasteiger partial charge in [-0.1, -0.05) is 52.4 Å². The van der Waals surface area contributed by atoms with Gasteiger partial charge in [-0.05, 0) is 62.8 Å². The van der Waals surface area contributed by atoms with E-state index in [9.17, 15) is 19.2 Å². The molecule has 10 heteroatoms. The van der Waals surface area contributed by atoms with Crippen molar-refractivity contribution in [3.63, 3.8) is 0 Å². The van der Waals surface area contributed by atoms with Crippen molar-refractivity contribution in [2.45, 2.75) is 118 Å². The SMILES string of the molecule is CCCCCCOC(=O)[C@H](C)OCc1c(C)c(N=C=O)c(N=C=O)c(C)c1CO[C@@H](C)C(=O)OCCCCCC. The molecule has 0 aliphatic rings.